The number of piperidine rings is 1. The van der Waals surface area contributed by atoms with Crippen LogP contribution >= 0.6 is 11.8 Å². The molecule has 0 bridgehead atoms. The highest BCUT2D eigenvalue weighted by Crippen LogP contribution is 2.42. The highest BCUT2D eigenvalue weighted by molar-refractivity contribution is 7.99. The Morgan fingerprint density at radius 3 is 2.58 bits per heavy atom. The normalized spacial score (nSPS) is 21.1. The molecule has 0 radical (unpaired) electrons. The van der Waals surface area contributed by atoms with E-state index < -0.39 is 11.1 Å². The second kappa shape index (κ2) is 13.8. The zero-order valence-corrected chi connectivity index (χ0v) is 27.6. The average Bonchev–Trinajstić information content (AvgIpc) is 3.41. The number of hydrogen-bond acceptors (Lipinski definition) is 8. The second-order valence-electron chi connectivity index (χ2n) is 13.3. The Morgan fingerprint density at radius 1 is 1.12 bits per heavy atom. The number of ether oxygens (including phenoxy) is 2. The van der Waals surface area contributed by atoms with E-state index in [1.807, 2.05) is 58.5 Å². The lowest BCUT2D eigenvalue weighted by Gasteiger charge is -2.38. The molecule has 1 aromatic heterocycles. The van der Waals surface area contributed by atoms with Crippen LogP contribution in [0.2, 0.25) is 0 Å². The number of amides is 2. The van der Waals surface area contributed by atoms with Crippen molar-refractivity contribution in [3.05, 3.63) is 35.5 Å². The van der Waals surface area contributed by atoms with Gasteiger partial charge in [-0.15, -0.1) is 0 Å². The van der Waals surface area contributed by atoms with E-state index in [0.29, 0.717) is 42.2 Å². The Balaban J connectivity index is 1.51. The molecule has 3 unspecified atom stereocenters. The monoisotopic (exact) mass is 612 g/mol. The molecule has 2 aromatic rings. The third-order valence-corrected chi connectivity index (χ3v) is 9.48. The van der Waals surface area contributed by atoms with Gasteiger partial charge in [0.15, 0.2) is 5.69 Å². The number of para-hydroxylation sites is 1. The number of nitrogens with one attached hydrogen (secondary N) is 2. The Labute approximate surface area is 260 Å². The number of rotatable bonds is 10. The van der Waals surface area contributed by atoms with Crippen LogP contribution in [0.1, 0.15) is 95.6 Å². The molecule has 10 heteroatoms. The molecule has 4 rings (SSSR count). The van der Waals surface area contributed by atoms with Gasteiger partial charge in [-0.1, -0.05) is 18.2 Å². The van der Waals surface area contributed by atoms with Crippen molar-refractivity contribution in [1.29, 1.82) is 0 Å². The maximum atomic E-state index is 14.1. The molecule has 2 aliphatic rings. The molecular formula is C33H48N4O5S. The smallest absolute Gasteiger partial charge is 0.410 e. The summed E-state index contributed by atoms with van der Waals surface area (Å²) in [7, 11) is 1.57. The van der Waals surface area contributed by atoms with Crippen molar-refractivity contribution in [2.75, 3.05) is 32.5 Å². The van der Waals surface area contributed by atoms with Gasteiger partial charge in [-0.3, -0.25) is 9.59 Å². The van der Waals surface area contributed by atoms with Crippen LogP contribution in [0.4, 0.5) is 4.79 Å². The first-order valence-electron chi connectivity index (χ1n) is 15.4. The number of pyridine rings is 1. The number of carbonyl (C=O) groups excluding carboxylic acids is 3. The van der Waals surface area contributed by atoms with Gasteiger partial charge in [-0.2, -0.15) is 11.8 Å². The molecule has 1 aliphatic heterocycles. The van der Waals surface area contributed by atoms with Gasteiger partial charge in [-0.25, -0.2) is 9.78 Å². The van der Waals surface area contributed by atoms with Gasteiger partial charge in [0.25, 0.3) is 0 Å². The summed E-state index contributed by atoms with van der Waals surface area (Å²) in [6.45, 7) is 12.7. The summed E-state index contributed by atoms with van der Waals surface area (Å²) < 4.78 is 11.3. The SMILES string of the molecule is COc1cc2cccc(C3CCC(SCCNC(C)=O)C3)c2nc1C(=O)C(C)(C)NC1CCCN(C(=O)OC(C)(C)C)C1. The van der Waals surface area contributed by atoms with E-state index >= 15 is 0 Å². The van der Waals surface area contributed by atoms with Gasteiger partial charge >= 0.3 is 6.09 Å². The highest BCUT2D eigenvalue weighted by Gasteiger charge is 2.37. The molecule has 0 spiro atoms. The van der Waals surface area contributed by atoms with Gasteiger partial charge in [0.1, 0.15) is 11.4 Å². The first kappa shape index (κ1) is 33.1. The zero-order chi connectivity index (χ0) is 31.4. The first-order valence-corrected chi connectivity index (χ1v) is 16.5. The number of hydrogen-bond donors (Lipinski definition) is 2. The fourth-order valence-electron chi connectivity index (χ4n) is 6.14. The van der Waals surface area contributed by atoms with Gasteiger partial charge in [-0.05, 0) is 84.3 Å². The minimum atomic E-state index is -0.937. The lowest BCUT2D eigenvalue weighted by Crippen LogP contribution is -2.57. The van der Waals surface area contributed by atoms with E-state index in [4.69, 9.17) is 14.5 Å². The number of Topliss-reactive ketones (excluding diaryl/α,β-unsaturated/α-hetero) is 1. The Kier molecular flexibility index (Phi) is 10.6. The van der Waals surface area contributed by atoms with E-state index in [9.17, 15) is 14.4 Å². The molecule has 1 aliphatic carbocycles. The molecule has 1 aromatic carbocycles. The summed E-state index contributed by atoms with van der Waals surface area (Å²) in [5, 5.41) is 7.89. The fourth-order valence-corrected chi connectivity index (χ4v) is 7.36. The van der Waals surface area contributed by atoms with Gasteiger partial charge in [0.05, 0.1) is 18.2 Å². The van der Waals surface area contributed by atoms with Crippen LogP contribution < -0.4 is 15.4 Å². The van der Waals surface area contributed by atoms with Gasteiger partial charge < -0.3 is 25.0 Å². The van der Waals surface area contributed by atoms with Crippen LogP contribution in [0.5, 0.6) is 5.75 Å². The number of thioether (sulfide) groups is 1. The van der Waals surface area contributed by atoms with Crippen molar-refractivity contribution in [1.82, 2.24) is 20.5 Å². The number of methoxy groups -OCH3 is 1. The molecule has 2 heterocycles. The van der Waals surface area contributed by atoms with E-state index in [0.717, 1.165) is 48.8 Å². The number of likely N-dealkylation sites (tertiary alicyclic amines) is 1. The van der Waals surface area contributed by atoms with Crippen molar-refractivity contribution >= 4 is 40.4 Å². The van der Waals surface area contributed by atoms with E-state index in [1.165, 1.54) is 5.56 Å². The van der Waals surface area contributed by atoms with E-state index in [2.05, 4.69) is 22.8 Å². The molecule has 1 saturated heterocycles. The van der Waals surface area contributed by atoms with Gasteiger partial charge in [0, 0.05) is 49.0 Å². The predicted molar refractivity (Wildman–Crippen MR) is 172 cm³/mol. The van der Waals surface area contributed by atoms with Crippen molar-refractivity contribution < 1.29 is 23.9 Å². The molecule has 43 heavy (non-hydrogen) atoms. The molecule has 3 atom stereocenters. The van der Waals surface area contributed by atoms with E-state index in [1.54, 1.807) is 18.9 Å². The number of fused-ring (bicyclic) bond motifs is 1. The Hall–Kier alpha value is -2.85. The summed E-state index contributed by atoms with van der Waals surface area (Å²) >= 11 is 1.92. The van der Waals surface area contributed by atoms with Crippen LogP contribution in [0.3, 0.4) is 0 Å². The molecule has 9 nitrogen and oxygen atoms in total. The Bertz CT molecular complexity index is 1320. The highest BCUT2D eigenvalue weighted by atomic mass is 32.2. The molecule has 1 saturated carbocycles. The van der Waals surface area contributed by atoms with Crippen LogP contribution in [0.25, 0.3) is 10.9 Å². The molecule has 2 fully saturated rings. The average molecular weight is 613 g/mol. The number of aromatic nitrogens is 1. The van der Waals surface area contributed by atoms with E-state index in [-0.39, 0.29) is 23.8 Å². The standard InChI is InChI=1S/C33H48N4O5S/c1-21(38)34-15-17-43-25-14-13-22(18-25)26-12-8-10-23-19-27(41-7)29(35-28(23)26)30(39)33(5,6)36-24-11-9-16-37(20-24)31(40)42-32(2,3)4/h8,10,12,19,22,24-25,36H,9,11,13-18,20H2,1-7H3,(H,34,38). The number of nitrogens with zero attached hydrogens (tertiary/aromatic N) is 2. The first-order chi connectivity index (χ1) is 20.3. The minimum Gasteiger partial charge on any atom is -0.494 e. The zero-order valence-electron chi connectivity index (χ0n) is 26.7. The maximum Gasteiger partial charge on any atom is 0.410 e. The van der Waals surface area contributed by atoms with Crippen molar-refractivity contribution in [2.24, 2.45) is 0 Å². The molecular weight excluding hydrogens is 564 g/mol. The Morgan fingerprint density at radius 2 is 1.88 bits per heavy atom. The second-order valence-corrected chi connectivity index (χ2v) is 14.7. The van der Waals surface area contributed by atoms with Crippen LogP contribution in [0.15, 0.2) is 24.3 Å². The quantitative estimate of drug-likeness (QED) is 0.260. The van der Waals surface area contributed by atoms with Crippen LogP contribution in [-0.2, 0) is 9.53 Å². The number of ketones is 1. The van der Waals surface area contributed by atoms with Gasteiger partial charge in [0.2, 0.25) is 11.7 Å². The van der Waals surface area contributed by atoms with Crippen molar-refractivity contribution in [3.8, 4) is 5.75 Å². The molecule has 2 amide bonds. The lowest BCUT2D eigenvalue weighted by molar-refractivity contribution is -0.118. The third-order valence-electron chi connectivity index (χ3n) is 8.14. The molecule has 2 N–H and O–H groups in total. The van der Waals surface area contributed by atoms with Crippen molar-refractivity contribution in [2.45, 2.75) is 102 Å². The topological polar surface area (TPSA) is 110 Å². The van der Waals surface area contributed by atoms with Crippen LogP contribution in [-0.4, -0.2) is 82.6 Å². The summed E-state index contributed by atoms with van der Waals surface area (Å²) in [6, 6.07) is 8.09. The minimum absolute atomic E-state index is 0.00685. The maximum absolute atomic E-state index is 14.1. The fraction of sp³-hybridized carbons (Fsp3) is 0.636. The summed E-state index contributed by atoms with van der Waals surface area (Å²) in [5.41, 5.74) is 0.845. The number of benzene rings is 1. The number of carbonyl (C=O) groups is 3. The summed E-state index contributed by atoms with van der Waals surface area (Å²) in [4.78, 5) is 44.7. The largest absolute Gasteiger partial charge is 0.494 e. The molecule has 236 valence electrons. The van der Waals surface area contributed by atoms with Crippen molar-refractivity contribution in [3.63, 3.8) is 0 Å². The lowest BCUT2D eigenvalue weighted by atomic mass is 9.91. The third kappa shape index (κ3) is 8.62. The van der Waals surface area contributed by atoms with Crippen LogP contribution in [0, 0.1) is 0 Å². The summed E-state index contributed by atoms with van der Waals surface area (Å²) in [5.74, 6) is 1.58. The predicted octanol–water partition coefficient (Wildman–Crippen LogP) is 5.70. The summed E-state index contributed by atoms with van der Waals surface area (Å²) in [6.07, 6.45) is 4.59.